The van der Waals surface area contributed by atoms with E-state index in [0.29, 0.717) is 18.9 Å². The molecule has 1 unspecified atom stereocenters. The maximum atomic E-state index is 12.1. The van der Waals surface area contributed by atoms with E-state index in [2.05, 4.69) is 39.5 Å². The van der Waals surface area contributed by atoms with Gasteiger partial charge in [-0.15, -0.1) is 0 Å². The highest BCUT2D eigenvalue weighted by Crippen LogP contribution is 2.24. The van der Waals surface area contributed by atoms with Crippen LogP contribution < -0.4 is 10.2 Å². The number of amides is 2. The number of cyclic esters (lactones) is 1. The number of pyridine rings is 1. The molecule has 0 spiro atoms. The third kappa shape index (κ3) is 4.95. The van der Waals surface area contributed by atoms with Crippen molar-refractivity contribution in [2.45, 2.75) is 19.6 Å². The Bertz CT molecular complexity index is 879. The van der Waals surface area contributed by atoms with E-state index in [9.17, 15) is 9.59 Å². The fourth-order valence-corrected chi connectivity index (χ4v) is 3.61. The molecule has 0 bridgehead atoms. The van der Waals surface area contributed by atoms with Crippen molar-refractivity contribution in [1.82, 2.24) is 15.2 Å². The number of hydrogen-bond donors (Lipinski definition) is 1. The molecule has 8 nitrogen and oxygen atoms in total. The number of hydrogen-bond acceptors (Lipinski definition) is 6. The molecule has 2 aliphatic rings. The topological polar surface area (TPSA) is 84.0 Å². The lowest BCUT2D eigenvalue weighted by atomic mass is 10.1. The van der Waals surface area contributed by atoms with Crippen molar-refractivity contribution >= 4 is 17.8 Å². The second kappa shape index (κ2) is 9.23. The van der Waals surface area contributed by atoms with Crippen LogP contribution in [0.3, 0.4) is 0 Å². The summed E-state index contributed by atoms with van der Waals surface area (Å²) in [6, 6.07) is 12.2. The number of anilines is 1. The van der Waals surface area contributed by atoms with E-state index >= 15 is 0 Å². The molecule has 1 aromatic heterocycles. The minimum atomic E-state index is -0.446. The predicted octanol–water partition coefficient (Wildman–Crippen LogP) is 2.04. The van der Waals surface area contributed by atoms with E-state index in [0.717, 1.165) is 44.0 Å². The molecule has 2 fully saturated rings. The third-order valence-electron chi connectivity index (χ3n) is 5.27. The van der Waals surface area contributed by atoms with E-state index in [1.165, 1.54) is 17.4 Å². The zero-order valence-corrected chi connectivity index (χ0v) is 17.0. The van der Waals surface area contributed by atoms with Gasteiger partial charge < -0.3 is 14.8 Å². The van der Waals surface area contributed by atoms with Crippen LogP contribution in [0.1, 0.15) is 12.5 Å². The van der Waals surface area contributed by atoms with Crippen molar-refractivity contribution < 1.29 is 19.1 Å². The average molecular weight is 410 g/mol. The van der Waals surface area contributed by atoms with E-state index in [4.69, 9.17) is 9.47 Å². The SMILES string of the molecule is CC(=O)NCC1CN(c2ccc(-c3ccc(CN4CCOCC4)cc3)cn2)C(=O)O1. The van der Waals surface area contributed by atoms with Crippen LogP contribution in [0.4, 0.5) is 10.6 Å². The average Bonchev–Trinajstić information content (AvgIpc) is 3.14. The van der Waals surface area contributed by atoms with Gasteiger partial charge in [-0.3, -0.25) is 14.6 Å². The molecular weight excluding hydrogens is 384 g/mol. The first-order chi connectivity index (χ1) is 14.6. The molecule has 1 atom stereocenters. The maximum Gasteiger partial charge on any atom is 0.416 e. The smallest absolute Gasteiger partial charge is 0.416 e. The van der Waals surface area contributed by atoms with Gasteiger partial charge in [-0.1, -0.05) is 24.3 Å². The van der Waals surface area contributed by atoms with Crippen molar-refractivity contribution in [2.75, 3.05) is 44.3 Å². The molecule has 2 amide bonds. The van der Waals surface area contributed by atoms with Crippen LogP contribution in [0.25, 0.3) is 11.1 Å². The number of morpholine rings is 1. The number of benzene rings is 1. The highest BCUT2D eigenvalue weighted by molar-refractivity contribution is 5.88. The first kappa shape index (κ1) is 20.3. The number of rotatable bonds is 6. The Labute approximate surface area is 175 Å². The molecular formula is C22H26N4O4. The molecule has 0 saturated carbocycles. The largest absolute Gasteiger partial charge is 0.442 e. The van der Waals surface area contributed by atoms with Crippen LogP contribution in [0.5, 0.6) is 0 Å². The van der Waals surface area contributed by atoms with Gasteiger partial charge in [0, 0.05) is 38.3 Å². The van der Waals surface area contributed by atoms with Crippen molar-refractivity contribution in [3.05, 3.63) is 48.2 Å². The highest BCUT2D eigenvalue weighted by atomic mass is 16.6. The van der Waals surface area contributed by atoms with E-state index in [-0.39, 0.29) is 12.0 Å². The molecule has 4 rings (SSSR count). The predicted molar refractivity (Wildman–Crippen MR) is 112 cm³/mol. The van der Waals surface area contributed by atoms with Crippen molar-refractivity contribution in [1.29, 1.82) is 0 Å². The van der Waals surface area contributed by atoms with Crippen molar-refractivity contribution in [3.63, 3.8) is 0 Å². The monoisotopic (exact) mass is 410 g/mol. The Morgan fingerprint density at radius 1 is 1.13 bits per heavy atom. The summed E-state index contributed by atoms with van der Waals surface area (Å²) in [5, 5.41) is 2.67. The summed E-state index contributed by atoms with van der Waals surface area (Å²) < 4.78 is 10.7. The molecule has 1 aromatic carbocycles. The zero-order chi connectivity index (χ0) is 20.9. The summed E-state index contributed by atoms with van der Waals surface area (Å²) in [4.78, 5) is 31.5. The Balaban J connectivity index is 1.37. The lowest BCUT2D eigenvalue weighted by Crippen LogP contribution is -2.35. The van der Waals surface area contributed by atoms with Crippen LogP contribution in [-0.2, 0) is 20.8 Å². The van der Waals surface area contributed by atoms with Crippen molar-refractivity contribution in [2.24, 2.45) is 0 Å². The molecule has 30 heavy (non-hydrogen) atoms. The summed E-state index contributed by atoms with van der Waals surface area (Å²) in [5.41, 5.74) is 3.33. The number of carbonyl (C=O) groups is 2. The molecule has 2 saturated heterocycles. The Morgan fingerprint density at radius 3 is 2.53 bits per heavy atom. The maximum absolute atomic E-state index is 12.1. The van der Waals surface area contributed by atoms with E-state index in [1.54, 1.807) is 6.20 Å². The first-order valence-corrected chi connectivity index (χ1v) is 10.2. The van der Waals surface area contributed by atoms with Gasteiger partial charge in [0.2, 0.25) is 5.91 Å². The number of nitrogens with one attached hydrogen (secondary N) is 1. The first-order valence-electron chi connectivity index (χ1n) is 10.2. The molecule has 3 heterocycles. The zero-order valence-electron chi connectivity index (χ0n) is 17.0. The third-order valence-corrected chi connectivity index (χ3v) is 5.27. The van der Waals surface area contributed by atoms with Gasteiger partial charge in [0.05, 0.1) is 26.3 Å². The lowest BCUT2D eigenvalue weighted by Gasteiger charge is -2.26. The van der Waals surface area contributed by atoms with Crippen LogP contribution in [0, 0.1) is 0 Å². The molecule has 0 aliphatic carbocycles. The Morgan fingerprint density at radius 2 is 1.87 bits per heavy atom. The molecule has 8 heteroatoms. The summed E-state index contributed by atoms with van der Waals surface area (Å²) in [6.45, 7) is 6.56. The van der Waals surface area contributed by atoms with E-state index < -0.39 is 6.09 Å². The minimum absolute atomic E-state index is 0.150. The molecule has 158 valence electrons. The van der Waals surface area contributed by atoms with Gasteiger partial charge in [-0.25, -0.2) is 9.78 Å². The van der Waals surface area contributed by atoms with Gasteiger partial charge in [0.1, 0.15) is 11.9 Å². The summed E-state index contributed by atoms with van der Waals surface area (Å²) in [5.74, 6) is 0.390. The number of nitrogens with zero attached hydrogens (tertiary/aromatic N) is 3. The minimum Gasteiger partial charge on any atom is -0.442 e. The molecule has 2 aliphatic heterocycles. The Hall–Kier alpha value is -2.97. The normalized spacial score (nSPS) is 19.6. The highest BCUT2D eigenvalue weighted by Gasteiger charge is 2.33. The number of aromatic nitrogens is 1. The lowest BCUT2D eigenvalue weighted by molar-refractivity contribution is -0.119. The van der Waals surface area contributed by atoms with Crippen molar-refractivity contribution in [3.8, 4) is 11.1 Å². The molecule has 2 aromatic rings. The summed E-state index contributed by atoms with van der Waals surface area (Å²) in [6.07, 6.45) is 0.945. The van der Waals surface area contributed by atoms with Crippen LogP contribution in [0.2, 0.25) is 0 Å². The van der Waals surface area contributed by atoms with Gasteiger partial charge in [0.25, 0.3) is 0 Å². The molecule has 0 radical (unpaired) electrons. The van der Waals surface area contributed by atoms with Gasteiger partial charge in [-0.05, 0) is 23.3 Å². The van der Waals surface area contributed by atoms with Gasteiger partial charge in [-0.2, -0.15) is 0 Å². The summed E-state index contributed by atoms with van der Waals surface area (Å²) >= 11 is 0. The Kier molecular flexibility index (Phi) is 6.25. The van der Waals surface area contributed by atoms with Crippen LogP contribution >= 0.6 is 0 Å². The van der Waals surface area contributed by atoms with Gasteiger partial charge in [0.15, 0.2) is 0 Å². The fourth-order valence-electron chi connectivity index (χ4n) is 3.61. The number of carbonyl (C=O) groups excluding carboxylic acids is 2. The van der Waals surface area contributed by atoms with Gasteiger partial charge >= 0.3 is 6.09 Å². The second-order valence-corrected chi connectivity index (χ2v) is 7.54. The second-order valence-electron chi connectivity index (χ2n) is 7.54. The van der Waals surface area contributed by atoms with E-state index in [1.807, 2.05) is 12.1 Å². The van der Waals surface area contributed by atoms with Crippen LogP contribution in [0.15, 0.2) is 42.6 Å². The molecule has 1 N–H and O–H groups in total. The fraction of sp³-hybridized carbons (Fsp3) is 0.409. The quantitative estimate of drug-likeness (QED) is 0.785. The standard InChI is InChI=1S/C22H26N4O4/c1-16(27)23-13-20-15-26(22(28)30-20)21-7-6-19(12-24-21)18-4-2-17(3-5-18)14-25-8-10-29-11-9-25/h2-7,12,20H,8-11,13-15H2,1H3,(H,23,27). The number of ether oxygens (including phenoxy) is 2. The van der Waals surface area contributed by atoms with Crippen LogP contribution in [-0.4, -0.2) is 67.4 Å². The summed E-state index contributed by atoms with van der Waals surface area (Å²) in [7, 11) is 0.